The van der Waals surface area contributed by atoms with Gasteiger partial charge in [-0.25, -0.2) is 14.2 Å². The molecule has 0 amide bonds. The number of carbonyl (C=O) groups is 1. The largest absolute Gasteiger partial charge is 0.458 e. The Kier molecular flexibility index (Phi) is 3.38. The van der Waals surface area contributed by atoms with Gasteiger partial charge >= 0.3 is 5.97 Å². The van der Waals surface area contributed by atoms with Crippen LogP contribution in [-0.4, -0.2) is 20.6 Å². The summed E-state index contributed by atoms with van der Waals surface area (Å²) < 4.78 is 21.3. The van der Waals surface area contributed by atoms with Crippen molar-refractivity contribution in [3.8, 4) is 11.4 Å². The predicted octanol–water partition coefficient (Wildman–Crippen LogP) is 3.10. The van der Waals surface area contributed by atoms with Crippen LogP contribution in [0.1, 0.15) is 47.2 Å². The smallest absolute Gasteiger partial charge is 0.342 e. The highest BCUT2D eigenvalue weighted by molar-refractivity contribution is 6.00. The number of rotatable bonds is 0. The number of aliphatic hydroxyl groups is 1. The summed E-state index contributed by atoms with van der Waals surface area (Å²) >= 11 is 0. The number of benzene rings is 1. The Morgan fingerprint density at radius 2 is 1.97 bits per heavy atom. The number of hydrogen-bond acceptors (Lipinski definition) is 5. The maximum atomic E-state index is 14.6. The van der Waals surface area contributed by atoms with Crippen LogP contribution in [0, 0.1) is 12.7 Å². The zero-order chi connectivity index (χ0) is 21.8. The van der Waals surface area contributed by atoms with Crippen LogP contribution < -0.4 is 5.56 Å². The molecule has 7 heteroatoms. The fourth-order valence-electron chi connectivity index (χ4n) is 5.19. The third kappa shape index (κ3) is 2.16. The molecule has 0 unspecified atom stereocenters. The number of pyridine rings is 2. The Balaban J connectivity index is 1.72. The Hall–Kier alpha value is -3.32. The van der Waals surface area contributed by atoms with Crippen molar-refractivity contribution in [3.63, 3.8) is 0 Å². The molecule has 1 aliphatic carbocycles. The lowest BCUT2D eigenvalue weighted by molar-refractivity contribution is -0.169. The van der Waals surface area contributed by atoms with E-state index in [0.29, 0.717) is 35.4 Å². The first-order chi connectivity index (χ1) is 14.7. The van der Waals surface area contributed by atoms with Crippen molar-refractivity contribution in [2.75, 3.05) is 0 Å². The molecule has 2 aliphatic heterocycles. The maximum absolute atomic E-state index is 14.6. The van der Waals surface area contributed by atoms with Crippen molar-refractivity contribution in [3.05, 3.63) is 67.8 Å². The van der Waals surface area contributed by atoms with Crippen molar-refractivity contribution in [2.45, 2.75) is 45.9 Å². The minimum absolute atomic E-state index is 0.171. The fraction of sp³-hybridized carbons (Fsp3) is 0.292. The summed E-state index contributed by atoms with van der Waals surface area (Å²) in [6.45, 7) is 5.28. The summed E-state index contributed by atoms with van der Waals surface area (Å²) in [5, 5.41) is 11.7. The van der Waals surface area contributed by atoms with Gasteiger partial charge in [-0.15, -0.1) is 0 Å². The molecule has 6 nitrogen and oxygen atoms in total. The molecule has 0 fully saturated rings. The third-order valence-corrected chi connectivity index (χ3v) is 6.94. The van der Waals surface area contributed by atoms with Gasteiger partial charge in [-0.3, -0.25) is 4.79 Å². The molecule has 3 aliphatic rings. The molecule has 0 radical (unpaired) electrons. The van der Waals surface area contributed by atoms with Gasteiger partial charge < -0.3 is 14.4 Å². The van der Waals surface area contributed by atoms with Gasteiger partial charge in [-0.05, 0) is 55.5 Å². The number of ether oxygens (including phenoxy) is 1. The maximum Gasteiger partial charge on any atom is 0.342 e. The molecule has 0 saturated heterocycles. The average molecular weight is 418 g/mol. The molecule has 1 N–H and O–H groups in total. The minimum Gasteiger partial charge on any atom is -0.458 e. The average Bonchev–Trinajstić information content (AvgIpc) is 3.09. The van der Waals surface area contributed by atoms with Crippen LogP contribution in [-0.2, 0) is 34.7 Å². The number of hydrogen-bond donors (Lipinski definition) is 1. The SMILES string of the molecule is CC1=CCc2c(C)c(F)cc3nc4c(c1c23)Cn1c-4cc2c(c1=O)COC(=O)[C@]2(C)O. The van der Waals surface area contributed by atoms with Crippen LogP contribution in [0.5, 0.6) is 0 Å². The van der Waals surface area contributed by atoms with E-state index in [0.717, 1.165) is 27.6 Å². The molecule has 156 valence electrons. The van der Waals surface area contributed by atoms with Gasteiger partial charge in [-0.2, -0.15) is 0 Å². The second-order valence-electron chi connectivity index (χ2n) is 8.72. The van der Waals surface area contributed by atoms with Crippen LogP contribution in [0.3, 0.4) is 0 Å². The summed E-state index contributed by atoms with van der Waals surface area (Å²) in [6.07, 6.45) is 2.72. The Bertz CT molecular complexity index is 1480. The monoisotopic (exact) mass is 418 g/mol. The first-order valence-electron chi connectivity index (χ1n) is 10.2. The van der Waals surface area contributed by atoms with Gasteiger partial charge in [0.2, 0.25) is 0 Å². The summed E-state index contributed by atoms with van der Waals surface area (Å²) in [5.74, 6) is -1.09. The van der Waals surface area contributed by atoms with E-state index in [-0.39, 0.29) is 29.1 Å². The van der Waals surface area contributed by atoms with Crippen molar-refractivity contribution < 1.29 is 19.0 Å². The molecule has 4 heterocycles. The Morgan fingerprint density at radius 3 is 2.74 bits per heavy atom. The van der Waals surface area contributed by atoms with Gasteiger partial charge in [0.25, 0.3) is 5.56 Å². The fourth-order valence-corrected chi connectivity index (χ4v) is 5.19. The molecule has 6 rings (SSSR count). The number of fused-ring (bicyclic) bond motifs is 5. The molecule has 1 aromatic carbocycles. The second-order valence-corrected chi connectivity index (χ2v) is 8.72. The van der Waals surface area contributed by atoms with Crippen LogP contribution in [0.4, 0.5) is 4.39 Å². The topological polar surface area (TPSA) is 81.4 Å². The quantitative estimate of drug-likeness (QED) is 0.444. The van der Waals surface area contributed by atoms with Gasteiger partial charge in [0, 0.05) is 22.6 Å². The van der Waals surface area contributed by atoms with Crippen molar-refractivity contribution in [2.24, 2.45) is 0 Å². The molecule has 2 aromatic heterocycles. The van der Waals surface area contributed by atoms with Crippen LogP contribution in [0.25, 0.3) is 27.9 Å². The second kappa shape index (κ2) is 5.68. The lowest BCUT2D eigenvalue weighted by Gasteiger charge is -2.29. The highest BCUT2D eigenvalue weighted by atomic mass is 19.1. The van der Waals surface area contributed by atoms with E-state index in [1.807, 2.05) is 6.92 Å². The molecule has 0 spiro atoms. The van der Waals surface area contributed by atoms with E-state index < -0.39 is 11.6 Å². The van der Waals surface area contributed by atoms with Crippen molar-refractivity contribution >= 4 is 22.4 Å². The first kappa shape index (κ1) is 18.4. The van der Waals surface area contributed by atoms with Gasteiger partial charge in [0.05, 0.1) is 29.0 Å². The Morgan fingerprint density at radius 1 is 1.19 bits per heavy atom. The predicted molar refractivity (Wildman–Crippen MR) is 112 cm³/mol. The summed E-state index contributed by atoms with van der Waals surface area (Å²) in [4.78, 5) is 30.2. The zero-order valence-electron chi connectivity index (χ0n) is 17.3. The lowest BCUT2D eigenvalue weighted by atomic mass is 9.85. The van der Waals surface area contributed by atoms with E-state index in [1.54, 1.807) is 17.6 Å². The molecule has 0 bridgehead atoms. The van der Waals surface area contributed by atoms with E-state index in [2.05, 4.69) is 6.08 Å². The van der Waals surface area contributed by atoms with E-state index >= 15 is 0 Å². The normalized spacial score (nSPS) is 20.8. The van der Waals surface area contributed by atoms with Crippen molar-refractivity contribution in [1.82, 2.24) is 9.55 Å². The summed E-state index contributed by atoms with van der Waals surface area (Å²) in [7, 11) is 0. The number of halogens is 1. The number of aromatic nitrogens is 2. The minimum atomic E-state index is -1.91. The summed E-state index contributed by atoms with van der Waals surface area (Å²) in [5.41, 5.74) is 4.45. The van der Waals surface area contributed by atoms with Crippen LogP contribution in [0.2, 0.25) is 0 Å². The molecule has 1 atom stereocenters. The number of cyclic esters (lactones) is 1. The molecule has 31 heavy (non-hydrogen) atoms. The molecular weight excluding hydrogens is 399 g/mol. The van der Waals surface area contributed by atoms with E-state index in [1.165, 1.54) is 13.0 Å². The first-order valence-corrected chi connectivity index (χ1v) is 10.2. The molecule has 3 aromatic rings. The van der Waals surface area contributed by atoms with Gasteiger partial charge in [0.1, 0.15) is 12.4 Å². The van der Waals surface area contributed by atoms with E-state index in [9.17, 15) is 19.1 Å². The van der Waals surface area contributed by atoms with Gasteiger partial charge in [-0.1, -0.05) is 6.08 Å². The number of nitrogens with zero attached hydrogens (tertiary/aromatic N) is 2. The van der Waals surface area contributed by atoms with Crippen molar-refractivity contribution in [1.29, 1.82) is 0 Å². The van der Waals surface area contributed by atoms with E-state index in [4.69, 9.17) is 9.72 Å². The summed E-state index contributed by atoms with van der Waals surface area (Å²) in [6, 6.07) is 3.10. The molecular formula is C24H19FN2O4. The highest BCUT2D eigenvalue weighted by Crippen LogP contribution is 2.44. The Labute approximate surface area is 176 Å². The number of esters is 1. The number of carbonyl (C=O) groups excluding carboxylic acids is 1. The zero-order valence-corrected chi connectivity index (χ0v) is 17.3. The third-order valence-electron chi connectivity index (χ3n) is 6.94. The van der Waals surface area contributed by atoms with Crippen LogP contribution >= 0.6 is 0 Å². The van der Waals surface area contributed by atoms with Gasteiger partial charge in [0.15, 0.2) is 5.60 Å². The molecule has 0 saturated carbocycles. The lowest BCUT2D eigenvalue weighted by Crippen LogP contribution is -2.42. The number of allylic oxidation sites excluding steroid dienone is 2. The van der Waals surface area contributed by atoms with Crippen LogP contribution in [0.15, 0.2) is 23.0 Å². The standard InChI is InChI=1S/C24H19FN2O4/c1-10-4-5-12-11(2)16(25)7-17-20(12)19(10)13-8-27-18(21(13)26-17)6-15-14(22(27)28)9-31-23(29)24(15,3)30/h4,6-7,30H,5,8-9H2,1-3H3/t24-/m1/s1. The highest BCUT2D eigenvalue weighted by Gasteiger charge is 2.43.